The van der Waals surface area contributed by atoms with Gasteiger partial charge in [0, 0.05) is 58.4 Å². The van der Waals surface area contributed by atoms with Crippen LogP contribution in [0.4, 0.5) is 0 Å². The molecule has 9 nitrogen and oxygen atoms in total. The number of aliphatic imine (C=N–C) groups is 1. The van der Waals surface area contributed by atoms with Gasteiger partial charge in [-0.15, -0.1) is 10.2 Å². The number of guanidine groups is 1. The number of hydrogen-bond donors (Lipinski definition) is 2. The van der Waals surface area contributed by atoms with Crippen LogP contribution in [0.1, 0.15) is 33.0 Å². The molecule has 0 aliphatic carbocycles. The van der Waals surface area contributed by atoms with Crippen molar-refractivity contribution >= 4 is 5.96 Å². The molecule has 0 spiro atoms. The predicted octanol–water partition coefficient (Wildman–Crippen LogP) is 0.523. The maximum Gasteiger partial charge on any atom is 0.191 e. The van der Waals surface area contributed by atoms with E-state index in [4.69, 9.17) is 14.5 Å². The highest BCUT2D eigenvalue weighted by Crippen LogP contribution is 2.16. The summed E-state index contributed by atoms with van der Waals surface area (Å²) in [6, 6.07) is 0. The Bertz CT molecular complexity index is 583. The first kappa shape index (κ1) is 22.6. The third-order valence-electron chi connectivity index (χ3n) is 4.97. The zero-order valence-corrected chi connectivity index (χ0v) is 17.9. The van der Waals surface area contributed by atoms with E-state index in [9.17, 15) is 0 Å². The lowest BCUT2D eigenvalue weighted by atomic mass is 10.0. The van der Waals surface area contributed by atoms with Crippen molar-refractivity contribution in [2.75, 3.05) is 59.7 Å². The molecule has 0 amide bonds. The Hall–Kier alpha value is -1.71. The van der Waals surface area contributed by atoms with Crippen LogP contribution < -0.4 is 10.6 Å². The van der Waals surface area contributed by atoms with E-state index in [0.717, 1.165) is 83.7 Å². The summed E-state index contributed by atoms with van der Waals surface area (Å²) in [6.07, 6.45) is 3.60. The van der Waals surface area contributed by atoms with Gasteiger partial charge in [-0.05, 0) is 20.3 Å². The van der Waals surface area contributed by atoms with Crippen molar-refractivity contribution in [1.82, 2.24) is 30.3 Å². The van der Waals surface area contributed by atoms with Crippen LogP contribution in [-0.2, 0) is 22.4 Å². The van der Waals surface area contributed by atoms with E-state index in [1.54, 1.807) is 13.4 Å². The summed E-state index contributed by atoms with van der Waals surface area (Å²) in [6.45, 7) is 13.9. The maximum absolute atomic E-state index is 5.48. The Morgan fingerprint density at radius 1 is 1.29 bits per heavy atom. The molecule has 2 heterocycles. The standard InChI is InChI=1S/C19H37N7O2/c1-5-17-24-23-16-25(17)9-8-21-18(20-7-6-12-27-4)22-15-19(2,3)26-10-13-28-14-11-26/h16H,5-15H2,1-4H3,(H2,20,21,22). The zero-order valence-electron chi connectivity index (χ0n) is 17.9. The van der Waals surface area contributed by atoms with Gasteiger partial charge in [-0.2, -0.15) is 0 Å². The number of aromatic nitrogens is 3. The smallest absolute Gasteiger partial charge is 0.191 e. The van der Waals surface area contributed by atoms with Crippen molar-refractivity contribution < 1.29 is 9.47 Å². The van der Waals surface area contributed by atoms with Crippen LogP contribution in [0.5, 0.6) is 0 Å². The number of aryl methyl sites for hydroxylation is 1. The lowest BCUT2D eigenvalue weighted by molar-refractivity contribution is -0.00683. The lowest BCUT2D eigenvalue weighted by Crippen LogP contribution is -2.52. The summed E-state index contributed by atoms with van der Waals surface area (Å²) in [5.74, 6) is 1.84. The molecule has 0 atom stereocenters. The van der Waals surface area contributed by atoms with Crippen molar-refractivity contribution in [3.8, 4) is 0 Å². The van der Waals surface area contributed by atoms with E-state index in [1.165, 1.54) is 0 Å². The second-order valence-electron chi connectivity index (χ2n) is 7.57. The zero-order chi connectivity index (χ0) is 20.2. The molecular formula is C19H37N7O2. The minimum absolute atomic E-state index is 0.00539. The van der Waals surface area contributed by atoms with E-state index >= 15 is 0 Å². The molecule has 2 rings (SSSR count). The molecule has 0 aromatic carbocycles. The molecule has 1 aromatic heterocycles. The Morgan fingerprint density at radius 2 is 2.04 bits per heavy atom. The number of nitrogens with one attached hydrogen (secondary N) is 2. The van der Waals surface area contributed by atoms with Crippen LogP contribution in [0.2, 0.25) is 0 Å². The Kier molecular flexibility index (Phi) is 9.66. The molecule has 1 aliphatic rings. The normalized spacial score (nSPS) is 16.4. The average Bonchev–Trinajstić information content (AvgIpc) is 3.17. The molecule has 1 aliphatic heterocycles. The van der Waals surface area contributed by atoms with Crippen LogP contribution in [0.25, 0.3) is 0 Å². The van der Waals surface area contributed by atoms with Crippen molar-refractivity contribution in [1.29, 1.82) is 0 Å². The summed E-state index contributed by atoms with van der Waals surface area (Å²) < 4.78 is 12.7. The van der Waals surface area contributed by atoms with E-state index in [2.05, 4.69) is 51.1 Å². The highest BCUT2D eigenvalue weighted by Gasteiger charge is 2.28. The van der Waals surface area contributed by atoms with Crippen LogP contribution in [-0.4, -0.2) is 90.8 Å². The van der Waals surface area contributed by atoms with Gasteiger partial charge in [-0.1, -0.05) is 6.92 Å². The first-order valence-electron chi connectivity index (χ1n) is 10.3. The first-order valence-corrected chi connectivity index (χ1v) is 10.3. The van der Waals surface area contributed by atoms with Crippen molar-refractivity contribution in [3.05, 3.63) is 12.2 Å². The van der Waals surface area contributed by atoms with Crippen LogP contribution in [0.3, 0.4) is 0 Å². The largest absolute Gasteiger partial charge is 0.385 e. The topological polar surface area (TPSA) is 88.8 Å². The monoisotopic (exact) mass is 395 g/mol. The van der Waals surface area contributed by atoms with Gasteiger partial charge in [-0.3, -0.25) is 9.89 Å². The molecular weight excluding hydrogens is 358 g/mol. The van der Waals surface area contributed by atoms with Gasteiger partial charge in [-0.25, -0.2) is 0 Å². The number of hydrogen-bond acceptors (Lipinski definition) is 6. The summed E-state index contributed by atoms with van der Waals surface area (Å²) in [7, 11) is 1.72. The van der Waals surface area contributed by atoms with Gasteiger partial charge < -0.3 is 24.7 Å². The van der Waals surface area contributed by atoms with E-state index in [1.807, 2.05) is 0 Å². The number of rotatable bonds is 11. The van der Waals surface area contributed by atoms with Gasteiger partial charge >= 0.3 is 0 Å². The molecule has 1 fully saturated rings. The molecule has 1 saturated heterocycles. The number of morpholine rings is 1. The second-order valence-corrected chi connectivity index (χ2v) is 7.57. The fraction of sp³-hybridized carbons (Fsp3) is 0.842. The van der Waals surface area contributed by atoms with Crippen molar-refractivity contribution in [2.24, 2.45) is 4.99 Å². The molecule has 28 heavy (non-hydrogen) atoms. The van der Waals surface area contributed by atoms with Crippen molar-refractivity contribution in [2.45, 2.75) is 45.7 Å². The van der Waals surface area contributed by atoms with Gasteiger partial charge in [0.05, 0.1) is 19.8 Å². The summed E-state index contributed by atoms with van der Waals surface area (Å²) in [4.78, 5) is 7.31. The lowest BCUT2D eigenvalue weighted by Gasteiger charge is -2.39. The maximum atomic E-state index is 5.48. The molecule has 0 bridgehead atoms. The van der Waals surface area contributed by atoms with E-state index in [-0.39, 0.29) is 5.54 Å². The minimum atomic E-state index is -0.00539. The van der Waals surface area contributed by atoms with Gasteiger partial charge in [0.15, 0.2) is 5.96 Å². The van der Waals surface area contributed by atoms with Crippen LogP contribution >= 0.6 is 0 Å². The summed E-state index contributed by atoms with van der Waals surface area (Å²) in [5, 5.41) is 15.0. The fourth-order valence-corrected chi connectivity index (χ4v) is 3.17. The molecule has 9 heteroatoms. The Balaban J connectivity index is 1.89. The second kappa shape index (κ2) is 12.0. The fourth-order valence-electron chi connectivity index (χ4n) is 3.17. The molecule has 2 N–H and O–H groups in total. The molecule has 0 unspecified atom stereocenters. The van der Waals surface area contributed by atoms with Crippen LogP contribution in [0, 0.1) is 0 Å². The van der Waals surface area contributed by atoms with E-state index < -0.39 is 0 Å². The third-order valence-corrected chi connectivity index (χ3v) is 4.97. The van der Waals surface area contributed by atoms with Gasteiger partial charge in [0.2, 0.25) is 0 Å². The highest BCUT2D eigenvalue weighted by atomic mass is 16.5. The molecule has 0 saturated carbocycles. The first-order chi connectivity index (χ1) is 13.6. The summed E-state index contributed by atoms with van der Waals surface area (Å²) >= 11 is 0. The van der Waals surface area contributed by atoms with Crippen molar-refractivity contribution in [3.63, 3.8) is 0 Å². The van der Waals surface area contributed by atoms with Gasteiger partial charge in [0.25, 0.3) is 0 Å². The van der Waals surface area contributed by atoms with Gasteiger partial charge in [0.1, 0.15) is 12.2 Å². The Labute approximate surface area is 168 Å². The SMILES string of the molecule is CCc1nncn1CCNC(=NCC(C)(C)N1CCOCC1)NCCCOC. The number of ether oxygens (including phenoxy) is 2. The minimum Gasteiger partial charge on any atom is -0.385 e. The predicted molar refractivity (Wildman–Crippen MR) is 111 cm³/mol. The van der Waals surface area contributed by atoms with Crippen LogP contribution in [0.15, 0.2) is 11.3 Å². The third kappa shape index (κ3) is 7.37. The Morgan fingerprint density at radius 3 is 2.75 bits per heavy atom. The summed E-state index contributed by atoms with van der Waals surface area (Å²) in [5.41, 5.74) is -0.00539. The molecule has 160 valence electrons. The van der Waals surface area contributed by atoms with E-state index in [0.29, 0.717) is 0 Å². The number of methoxy groups -OCH3 is 1. The quantitative estimate of drug-likeness (QED) is 0.321. The molecule has 0 radical (unpaired) electrons. The number of nitrogens with zero attached hydrogens (tertiary/aromatic N) is 5. The average molecular weight is 396 g/mol. The highest BCUT2D eigenvalue weighted by molar-refractivity contribution is 5.79. The molecule has 1 aromatic rings.